The molecule has 0 spiro atoms. The summed E-state index contributed by atoms with van der Waals surface area (Å²) in [5.41, 5.74) is -1.04. The van der Waals surface area contributed by atoms with Crippen molar-refractivity contribution in [2.75, 3.05) is 13.1 Å². The maximum absolute atomic E-state index is 12.2. The normalized spacial score (nSPS) is 12.6. The molecule has 10 heteroatoms. The standard InChI is InChI=1S/C14H12N4O6/c1-2-6-15-14(22)16-10(19)7-17-12(20)8-4-3-5-9(18(23)24)11(8)13(17)21/h2-5H,1,6-7H2,(H2,15,16,19,22). The van der Waals surface area contributed by atoms with Crippen molar-refractivity contribution in [1.29, 1.82) is 0 Å². The Morgan fingerprint density at radius 1 is 1.29 bits per heavy atom. The monoisotopic (exact) mass is 332 g/mol. The van der Waals surface area contributed by atoms with Gasteiger partial charge in [0.05, 0.1) is 10.5 Å². The predicted molar refractivity (Wildman–Crippen MR) is 80.2 cm³/mol. The second-order valence-corrected chi connectivity index (χ2v) is 4.70. The van der Waals surface area contributed by atoms with Crippen molar-refractivity contribution in [3.05, 3.63) is 52.1 Å². The average molecular weight is 332 g/mol. The van der Waals surface area contributed by atoms with Crippen LogP contribution >= 0.6 is 0 Å². The summed E-state index contributed by atoms with van der Waals surface area (Å²) in [6.07, 6.45) is 1.40. The highest BCUT2D eigenvalue weighted by molar-refractivity contribution is 6.24. The number of carbonyl (C=O) groups excluding carboxylic acids is 4. The first kappa shape index (κ1) is 16.8. The molecular formula is C14H12N4O6. The highest BCUT2D eigenvalue weighted by Crippen LogP contribution is 2.30. The molecule has 0 saturated heterocycles. The molecule has 1 aliphatic heterocycles. The van der Waals surface area contributed by atoms with E-state index in [1.807, 2.05) is 5.32 Å². The summed E-state index contributed by atoms with van der Waals surface area (Å²) >= 11 is 0. The summed E-state index contributed by atoms with van der Waals surface area (Å²) in [5.74, 6) is -2.70. The fourth-order valence-electron chi connectivity index (χ4n) is 2.13. The van der Waals surface area contributed by atoms with Gasteiger partial charge in [0.1, 0.15) is 12.1 Å². The maximum Gasteiger partial charge on any atom is 0.321 e. The summed E-state index contributed by atoms with van der Waals surface area (Å²) < 4.78 is 0. The van der Waals surface area contributed by atoms with Gasteiger partial charge in [0, 0.05) is 12.6 Å². The second kappa shape index (κ2) is 6.69. The van der Waals surface area contributed by atoms with Gasteiger partial charge in [-0.05, 0) is 6.07 Å². The van der Waals surface area contributed by atoms with E-state index in [4.69, 9.17) is 0 Å². The van der Waals surface area contributed by atoms with E-state index in [-0.39, 0.29) is 17.7 Å². The molecular weight excluding hydrogens is 320 g/mol. The van der Waals surface area contributed by atoms with Gasteiger partial charge in [0.25, 0.3) is 17.5 Å². The van der Waals surface area contributed by atoms with E-state index < -0.39 is 40.9 Å². The van der Waals surface area contributed by atoms with Crippen LogP contribution in [0.4, 0.5) is 10.5 Å². The third-order valence-electron chi connectivity index (χ3n) is 3.14. The average Bonchev–Trinajstić information content (AvgIpc) is 2.77. The number of nitro groups is 1. The van der Waals surface area contributed by atoms with Crippen molar-refractivity contribution in [3.8, 4) is 0 Å². The largest absolute Gasteiger partial charge is 0.334 e. The molecule has 0 unspecified atom stereocenters. The smallest absolute Gasteiger partial charge is 0.321 e. The first-order valence-electron chi connectivity index (χ1n) is 6.69. The van der Waals surface area contributed by atoms with Crippen LogP contribution in [-0.2, 0) is 4.79 Å². The lowest BCUT2D eigenvalue weighted by Crippen LogP contribution is -2.46. The Kier molecular flexibility index (Phi) is 4.68. The van der Waals surface area contributed by atoms with E-state index >= 15 is 0 Å². The zero-order valence-electron chi connectivity index (χ0n) is 12.3. The molecule has 0 atom stereocenters. The lowest BCUT2D eigenvalue weighted by Gasteiger charge is -2.13. The van der Waals surface area contributed by atoms with Gasteiger partial charge in [-0.3, -0.25) is 34.7 Å². The van der Waals surface area contributed by atoms with Crippen LogP contribution < -0.4 is 10.6 Å². The van der Waals surface area contributed by atoms with Crippen molar-refractivity contribution in [1.82, 2.24) is 15.5 Å². The van der Waals surface area contributed by atoms with Gasteiger partial charge in [0.2, 0.25) is 5.91 Å². The van der Waals surface area contributed by atoms with Crippen LogP contribution in [0.2, 0.25) is 0 Å². The van der Waals surface area contributed by atoms with Crippen molar-refractivity contribution in [3.63, 3.8) is 0 Å². The van der Waals surface area contributed by atoms with Crippen LogP contribution in [0.5, 0.6) is 0 Å². The van der Waals surface area contributed by atoms with Gasteiger partial charge in [-0.15, -0.1) is 6.58 Å². The van der Waals surface area contributed by atoms with Crippen molar-refractivity contribution in [2.45, 2.75) is 0 Å². The number of benzene rings is 1. The van der Waals surface area contributed by atoms with E-state index in [2.05, 4.69) is 11.9 Å². The minimum absolute atomic E-state index is 0.123. The highest BCUT2D eigenvalue weighted by Gasteiger charge is 2.41. The third kappa shape index (κ3) is 3.11. The number of hydrogen-bond donors (Lipinski definition) is 2. The number of carbonyl (C=O) groups is 4. The first-order valence-corrected chi connectivity index (χ1v) is 6.69. The van der Waals surface area contributed by atoms with E-state index in [1.165, 1.54) is 18.2 Å². The van der Waals surface area contributed by atoms with E-state index in [0.29, 0.717) is 4.90 Å². The highest BCUT2D eigenvalue weighted by atomic mass is 16.6. The zero-order valence-corrected chi connectivity index (χ0v) is 12.3. The van der Waals surface area contributed by atoms with Crippen LogP contribution in [0, 0.1) is 10.1 Å². The molecule has 1 aliphatic rings. The molecule has 2 rings (SSSR count). The molecule has 1 heterocycles. The Bertz CT molecular complexity index is 773. The molecule has 0 fully saturated rings. The minimum atomic E-state index is -0.955. The quantitative estimate of drug-likeness (QED) is 0.342. The molecule has 5 amide bonds. The lowest BCUT2D eigenvalue weighted by atomic mass is 10.1. The molecule has 124 valence electrons. The Balaban J connectivity index is 2.15. The molecule has 1 aromatic rings. The summed E-state index contributed by atoms with van der Waals surface area (Å²) in [6, 6.07) is 2.81. The fraction of sp³-hybridized carbons (Fsp3) is 0.143. The number of urea groups is 1. The summed E-state index contributed by atoms with van der Waals surface area (Å²) in [4.78, 5) is 58.2. The number of fused-ring (bicyclic) bond motifs is 1. The fourth-order valence-corrected chi connectivity index (χ4v) is 2.13. The van der Waals surface area contributed by atoms with E-state index in [0.717, 1.165) is 6.07 Å². The number of imide groups is 2. The Hall–Kier alpha value is -3.56. The molecule has 0 saturated carbocycles. The third-order valence-corrected chi connectivity index (χ3v) is 3.14. The number of rotatable bonds is 5. The molecule has 0 radical (unpaired) electrons. The molecule has 0 aliphatic carbocycles. The number of nitro benzene ring substituents is 1. The summed E-state index contributed by atoms with van der Waals surface area (Å²) in [5, 5.41) is 15.2. The summed E-state index contributed by atoms with van der Waals surface area (Å²) in [6.45, 7) is 2.77. The van der Waals surface area contributed by atoms with Crippen molar-refractivity contribution in [2.24, 2.45) is 0 Å². The molecule has 0 aromatic heterocycles. The van der Waals surface area contributed by atoms with E-state index in [9.17, 15) is 29.3 Å². The summed E-state index contributed by atoms with van der Waals surface area (Å²) in [7, 11) is 0. The first-order chi connectivity index (χ1) is 11.4. The number of nitrogens with one attached hydrogen (secondary N) is 2. The van der Waals surface area contributed by atoms with Gasteiger partial charge >= 0.3 is 6.03 Å². The Morgan fingerprint density at radius 2 is 2.00 bits per heavy atom. The number of nitrogens with zero attached hydrogens (tertiary/aromatic N) is 2. The molecule has 10 nitrogen and oxygen atoms in total. The van der Waals surface area contributed by atoms with Gasteiger partial charge in [-0.1, -0.05) is 12.1 Å². The molecule has 1 aromatic carbocycles. The van der Waals surface area contributed by atoms with E-state index in [1.54, 1.807) is 0 Å². The van der Waals surface area contributed by atoms with Crippen LogP contribution in [0.25, 0.3) is 0 Å². The second-order valence-electron chi connectivity index (χ2n) is 4.70. The lowest BCUT2D eigenvalue weighted by molar-refractivity contribution is -0.385. The molecule has 24 heavy (non-hydrogen) atoms. The van der Waals surface area contributed by atoms with Crippen LogP contribution in [-0.4, -0.2) is 46.7 Å². The SMILES string of the molecule is C=CCNC(=O)NC(=O)CN1C(=O)c2cccc([N+](=O)[O-])c2C1=O. The zero-order chi connectivity index (χ0) is 17.9. The molecule has 0 bridgehead atoms. The van der Waals surface area contributed by atoms with Crippen molar-refractivity contribution >= 4 is 29.4 Å². The minimum Gasteiger partial charge on any atom is -0.334 e. The van der Waals surface area contributed by atoms with Crippen LogP contribution in [0.3, 0.4) is 0 Å². The maximum atomic E-state index is 12.2. The Labute approximate surface area is 135 Å². The van der Waals surface area contributed by atoms with Crippen LogP contribution in [0.15, 0.2) is 30.9 Å². The van der Waals surface area contributed by atoms with Gasteiger partial charge in [-0.2, -0.15) is 0 Å². The Morgan fingerprint density at radius 3 is 2.62 bits per heavy atom. The van der Waals surface area contributed by atoms with Crippen molar-refractivity contribution < 1.29 is 24.1 Å². The van der Waals surface area contributed by atoms with Gasteiger partial charge < -0.3 is 5.32 Å². The molecule has 2 N–H and O–H groups in total. The van der Waals surface area contributed by atoms with Crippen LogP contribution in [0.1, 0.15) is 20.7 Å². The number of amides is 5. The number of hydrogen-bond acceptors (Lipinski definition) is 6. The topological polar surface area (TPSA) is 139 Å². The predicted octanol–water partition coefficient (Wildman–Crippen LogP) is 0.203. The van der Waals surface area contributed by atoms with Gasteiger partial charge in [-0.25, -0.2) is 4.79 Å². The van der Waals surface area contributed by atoms with Gasteiger partial charge in [0.15, 0.2) is 0 Å².